The van der Waals surface area contributed by atoms with Crippen LogP contribution in [0, 0.1) is 24.0 Å². The number of rotatable bonds is 6. The van der Waals surface area contributed by atoms with Gasteiger partial charge < -0.3 is 14.6 Å². The Labute approximate surface area is 150 Å². The Morgan fingerprint density at radius 2 is 1.81 bits per heavy atom. The number of aromatic nitrogens is 1. The van der Waals surface area contributed by atoms with E-state index in [1.165, 1.54) is 24.3 Å². The van der Waals surface area contributed by atoms with Gasteiger partial charge in [0, 0.05) is 30.1 Å². The monoisotopic (exact) mass is 359 g/mol. The molecule has 0 bridgehead atoms. The van der Waals surface area contributed by atoms with Crippen molar-refractivity contribution < 1.29 is 19.2 Å². The molecule has 8 heteroatoms. The number of esters is 1. The minimum absolute atomic E-state index is 0.0582. The SMILES string of the molecule is CCOC(=O)c1c(C)c(C(=O)Nc2ccc([N+](=O)[O-])cc2)c(C)n1CC. The Balaban J connectivity index is 2.36. The van der Waals surface area contributed by atoms with E-state index in [0.717, 1.165) is 0 Å². The Morgan fingerprint density at radius 3 is 2.31 bits per heavy atom. The fourth-order valence-corrected chi connectivity index (χ4v) is 2.95. The number of nitro groups is 1. The predicted molar refractivity (Wildman–Crippen MR) is 96.6 cm³/mol. The van der Waals surface area contributed by atoms with Crippen molar-refractivity contribution in [3.8, 4) is 0 Å². The second-order valence-corrected chi connectivity index (χ2v) is 5.66. The van der Waals surface area contributed by atoms with Crippen LogP contribution >= 0.6 is 0 Å². The largest absolute Gasteiger partial charge is 0.461 e. The molecule has 0 aliphatic carbocycles. The fourth-order valence-electron chi connectivity index (χ4n) is 2.95. The lowest BCUT2D eigenvalue weighted by molar-refractivity contribution is -0.384. The number of nitro benzene ring substituents is 1. The summed E-state index contributed by atoms with van der Waals surface area (Å²) in [6.45, 7) is 7.84. The van der Waals surface area contributed by atoms with Gasteiger partial charge in [-0.1, -0.05) is 0 Å². The first-order valence-corrected chi connectivity index (χ1v) is 8.24. The summed E-state index contributed by atoms with van der Waals surface area (Å²) >= 11 is 0. The fraction of sp³-hybridized carbons (Fsp3) is 0.333. The molecule has 1 N–H and O–H groups in total. The lowest BCUT2D eigenvalue weighted by Crippen LogP contribution is -2.14. The van der Waals surface area contributed by atoms with Crippen LogP contribution in [0.4, 0.5) is 11.4 Å². The van der Waals surface area contributed by atoms with Gasteiger partial charge in [0.15, 0.2) is 0 Å². The zero-order valence-corrected chi connectivity index (χ0v) is 15.2. The van der Waals surface area contributed by atoms with Crippen molar-refractivity contribution in [2.75, 3.05) is 11.9 Å². The molecule has 26 heavy (non-hydrogen) atoms. The highest BCUT2D eigenvalue weighted by molar-refractivity contribution is 6.08. The molecule has 0 saturated carbocycles. The summed E-state index contributed by atoms with van der Waals surface area (Å²) in [4.78, 5) is 35.2. The van der Waals surface area contributed by atoms with Crippen LogP contribution in [-0.4, -0.2) is 28.0 Å². The van der Waals surface area contributed by atoms with Crippen molar-refractivity contribution in [1.29, 1.82) is 0 Å². The van der Waals surface area contributed by atoms with Gasteiger partial charge in [-0.15, -0.1) is 0 Å². The Bertz CT molecular complexity index is 853. The summed E-state index contributed by atoms with van der Waals surface area (Å²) in [7, 11) is 0. The summed E-state index contributed by atoms with van der Waals surface area (Å²) in [5.41, 5.74) is 2.34. The summed E-state index contributed by atoms with van der Waals surface area (Å²) in [5, 5.41) is 13.4. The molecule has 0 radical (unpaired) electrons. The van der Waals surface area contributed by atoms with Crippen LogP contribution < -0.4 is 5.32 Å². The first-order chi connectivity index (χ1) is 12.3. The van der Waals surface area contributed by atoms with Crippen molar-refractivity contribution in [1.82, 2.24) is 4.57 Å². The molecule has 0 saturated heterocycles. The quantitative estimate of drug-likeness (QED) is 0.483. The molecule has 2 aromatic rings. The van der Waals surface area contributed by atoms with Gasteiger partial charge in [-0.25, -0.2) is 4.79 Å². The van der Waals surface area contributed by atoms with Crippen molar-refractivity contribution in [2.45, 2.75) is 34.2 Å². The third-order valence-electron chi connectivity index (χ3n) is 4.11. The van der Waals surface area contributed by atoms with E-state index in [-0.39, 0.29) is 18.2 Å². The summed E-state index contributed by atoms with van der Waals surface area (Å²) in [6.07, 6.45) is 0. The number of carbonyl (C=O) groups excluding carboxylic acids is 2. The zero-order chi connectivity index (χ0) is 19.4. The number of hydrogen-bond acceptors (Lipinski definition) is 5. The predicted octanol–water partition coefficient (Wildman–Crippen LogP) is 3.46. The van der Waals surface area contributed by atoms with E-state index in [1.807, 2.05) is 6.92 Å². The number of nitrogens with zero attached hydrogens (tertiary/aromatic N) is 2. The normalized spacial score (nSPS) is 10.5. The zero-order valence-electron chi connectivity index (χ0n) is 15.2. The van der Waals surface area contributed by atoms with Crippen LogP contribution in [0.15, 0.2) is 24.3 Å². The summed E-state index contributed by atoms with van der Waals surface area (Å²) < 4.78 is 6.85. The average Bonchev–Trinajstić information content (AvgIpc) is 2.85. The van der Waals surface area contributed by atoms with Crippen molar-refractivity contribution in [3.05, 3.63) is 56.9 Å². The number of nitrogens with one attached hydrogen (secondary N) is 1. The molecule has 0 aliphatic rings. The maximum atomic E-state index is 12.7. The number of benzene rings is 1. The van der Waals surface area contributed by atoms with Crippen LogP contribution in [0.3, 0.4) is 0 Å². The van der Waals surface area contributed by atoms with Crippen molar-refractivity contribution >= 4 is 23.3 Å². The van der Waals surface area contributed by atoms with Crippen LogP contribution in [0.25, 0.3) is 0 Å². The minimum atomic E-state index is -0.507. The number of amides is 1. The van der Waals surface area contributed by atoms with E-state index in [9.17, 15) is 19.7 Å². The Hall–Kier alpha value is -3.16. The first-order valence-electron chi connectivity index (χ1n) is 8.24. The van der Waals surface area contributed by atoms with Crippen molar-refractivity contribution in [3.63, 3.8) is 0 Å². The van der Waals surface area contributed by atoms with Crippen LogP contribution in [0.5, 0.6) is 0 Å². The van der Waals surface area contributed by atoms with Crippen LogP contribution in [-0.2, 0) is 11.3 Å². The van der Waals surface area contributed by atoms with Gasteiger partial charge in [0.05, 0.1) is 17.1 Å². The van der Waals surface area contributed by atoms with E-state index in [1.54, 1.807) is 25.3 Å². The number of hydrogen-bond donors (Lipinski definition) is 1. The van der Waals surface area contributed by atoms with Crippen LogP contribution in [0.1, 0.15) is 46.0 Å². The lowest BCUT2D eigenvalue weighted by Gasteiger charge is -2.08. The molecule has 0 aliphatic heterocycles. The third kappa shape index (κ3) is 3.58. The van der Waals surface area contributed by atoms with Gasteiger partial charge in [0.1, 0.15) is 5.69 Å². The van der Waals surface area contributed by atoms with E-state index in [4.69, 9.17) is 4.74 Å². The standard InChI is InChI=1S/C18H21N3O5/c1-5-20-12(4)15(11(3)16(20)18(23)26-6-2)17(22)19-13-7-9-14(10-8-13)21(24)25/h7-10H,5-6H2,1-4H3,(H,19,22). The topological polar surface area (TPSA) is 103 Å². The molecule has 0 spiro atoms. The highest BCUT2D eigenvalue weighted by Crippen LogP contribution is 2.25. The highest BCUT2D eigenvalue weighted by Gasteiger charge is 2.26. The lowest BCUT2D eigenvalue weighted by atomic mass is 10.1. The molecular formula is C18H21N3O5. The average molecular weight is 359 g/mol. The molecule has 1 aromatic carbocycles. The number of anilines is 1. The summed E-state index contributed by atoms with van der Waals surface area (Å²) in [5.74, 6) is -0.851. The Morgan fingerprint density at radius 1 is 1.19 bits per heavy atom. The minimum Gasteiger partial charge on any atom is -0.461 e. The molecule has 8 nitrogen and oxygen atoms in total. The highest BCUT2D eigenvalue weighted by atomic mass is 16.6. The van der Waals surface area contributed by atoms with Crippen molar-refractivity contribution in [2.24, 2.45) is 0 Å². The van der Waals surface area contributed by atoms with E-state index in [0.29, 0.717) is 34.7 Å². The maximum Gasteiger partial charge on any atom is 0.355 e. The molecule has 0 fully saturated rings. The van der Waals surface area contributed by atoms with E-state index in [2.05, 4.69) is 5.32 Å². The maximum absolute atomic E-state index is 12.7. The molecule has 0 unspecified atom stereocenters. The molecule has 0 atom stereocenters. The first kappa shape index (κ1) is 19.2. The number of non-ortho nitro benzene ring substituents is 1. The molecule has 2 rings (SSSR count). The van der Waals surface area contributed by atoms with Gasteiger partial charge in [-0.2, -0.15) is 0 Å². The third-order valence-corrected chi connectivity index (χ3v) is 4.11. The second-order valence-electron chi connectivity index (χ2n) is 5.66. The second kappa shape index (κ2) is 7.81. The number of carbonyl (C=O) groups is 2. The van der Waals surface area contributed by atoms with E-state index >= 15 is 0 Å². The van der Waals surface area contributed by atoms with Gasteiger partial charge >= 0.3 is 5.97 Å². The van der Waals surface area contributed by atoms with Gasteiger partial charge in [-0.05, 0) is 45.4 Å². The molecule has 1 heterocycles. The van der Waals surface area contributed by atoms with Crippen LogP contribution in [0.2, 0.25) is 0 Å². The molecular weight excluding hydrogens is 338 g/mol. The molecule has 1 amide bonds. The Kier molecular flexibility index (Phi) is 5.76. The summed E-state index contributed by atoms with van der Waals surface area (Å²) in [6, 6.07) is 5.56. The molecule has 138 valence electrons. The van der Waals surface area contributed by atoms with Gasteiger partial charge in [0.2, 0.25) is 0 Å². The van der Waals surface area contributed by atoms with E-state index < -0.39 is 10.9 Å². The smallest absolute Gasteiger partial charge is 0.355 e. The number of ether oxygens (including phenoxy) is 1. The van der Waals surface area contributed by atoms with Gasteiger partial charge in [-0.3, -0.25) is 14.9 Å². The van der Waals surface area contributed by atoms with Gasteiger partial charge in [0.25, 0.3) is 11.6 Å². The molecule has 1 aromatic heterocycles.